The maximum Gasteiger partial charge on any atom is 0.337 e. The number of esters is 2. The van der Waals surface area contributed by atoms with Gasteiger partial charge in [-0.2, -0.15) is 0 Å². The summed E-state index contributed by atoms with van der Waals surface area (Å²) in [6.45, 7) is 7.24. The first-order valence-electron chi connectivity index (χ1n) is 9.95. The van der Waals surface area contributed by atoms with Gasteiger partial charge in [0.2, 0.25) is 0 Å². The Kier molecular flexibility index (Phi) is 6.50. The van der Waals surface area contributed by atoms with Crippen LogP contribution in [0.15, 0.2) is 51.3 Å². The van der Waals surface area contributed by atoms with Crippen LogP contribution in [0.2, 0.25) is 0 Å². The van der Waals surface area contributed by atoms with Crippen LogP contribution in [-0.2, 0) is 23.9 Å². The van der Waals surface area contributed by atoms with Crippen LogP contribution < -0.4 is 5.32 Å². The molecule has 0 unspecified atom stereocenters. The quantitative estimate of drug-likeness (QED) is 0.523. The minimum atomic E-state index is -0.897. The average Bonchev–Trinajstić information content (AvgIpc) is 2.65. The number of rotatable bonds is 4. The average molecular weight is 476 g/mol. The van der Waals surface area contributed by atoms with Gasteiger partial charge in [-0.1, -0.05) is 35.0 Å². The van der Waals surface area contributed by atoms with E-state index in [-0.39, 0.29) is 17.8 Å². The summed E-state index contributed by atoms with van der Waals surface area (Å²) in [7, 11) is 1.28. The Balaban J connectivity index is 2.19. The maximum absolute atomic E-state index is 13.6. The van der Waals surface area contributed by atoms with Gasteiger partial charge < -0.3 is 14.8 Å². The van der Waals surface area contributed by atoms with Gasteiger partial charge in [-0.3, -0.25) is 9.59 Å². The molecule has 3 atom stereocenters. The highest BCUT2D eigenvalue weighted by Crippen LogP contribution is 2.45. The van der Waals surface area contributed by atoms with Gasteiger partial charge in [-0.05, 0) is 50.8 Å². The molecule has 0 radical (unpaired) electrons. The van der Waals surface area contributed by atoms with E-state index in [4.69, 9.17) is 9.47 Å². The SMILES string of the molecule is COC(=O)[C@H]1C(=O)C2=C(C[C@H]1C)NC(C)=C(C(=O)OC(C)C)[C@@H]2c1cccc(Br)c1. The van der Waals surface area contributed by atoms with Crippen molar-refractivity contribution >= 4 is 33.7 Å². The Bertz CT molecular complexity index is 962. The standard InChI is InChI=1S/C23H26BrNO5/c1-11(2)30-23(28)18-13(4)25-16-9-12(3)17(22(27)29-5)21(26)20(16)19(18)14-7-6-8-15(24)10-14/h6-8,10-12,17,19,25H,9H2,1-5H3/t12-,17-,19+/m1/s1. The summed E-state index contributed by atoms with van der Waals surface area (Å²) in [6, 6.07) is 7.50. The van der Waals surface area contributed by atoms with E-state index in [0.29, 0.717) is 23.3 Å². The maximum atomic E-state index is 13.6. The molecule has 0 saturated carbocycles. The second-order valence-corrected chi connectivity index (χ2v) is 8.96. The second kappa shape index (κ2) is 8.76. The minimum absolute atomic E-state index is 0.212. The van der Waals surface area contributed by atoms with E-state index < -0.39 is 23.8 Å². The Morgan fingerprint density at radius 1 is 1.27 bits per heavy atom. The Morgan fingerprint density at radius 2 is 1.97 bits per heavy atom. The van der Waals surface area contributed by atoms with Crippen molar-refractivity contribution in [2.45, 2.75) is 46.1 Å². The molecule has 1 aromatic rings. The normalized spacial score (nSPS) is 23.8. The third-order valence-electron chi connectivity index (χ3n) is 5.49. The van der Waals surface area contributed by atoms with E-state index in [0.717, 1.165) is 15.7 Å². The van der Waals surface area contributed by atoms with Gasteiger partial charge in [0.15, 0.2) is 5.78 Å². The fraction of sp³-hybridized carbons (Fsp3) is 0.435. The summed E-state index contributed by atoms with van der Waals surface area (Å²) in [5, 5.41) is 3.25. The van der Waals surface area contributed by atoms with Crippen LogP contribution in [0.25, 0.3) is 0 Å². The number of nitrogens with one attached hydrogen (secondary N) is 1. The van der Waals surface area contributed by atoms with Gasteiger partial charge in [-0.25, -0.2) is 4.79 Å². The lowest BCUT2D eigenvalue weighted by Crippen LogP contribution is -2.43. The summed E-state index contributed by atoms with van der Waals surface area (Å²) >= 11 is 3.48. The van der Waals surface area contributed by atoms with Gasteiger partial charge in [0.1, 0.15) is 5.92 Å². The molecule has 30 heavy (non-hydrogen) atoms. The number of methoxy groups -OCH3 is 1. The van der Waals surface area contributed by atoms with E-state index in [1.165, 1.54) is 7.11 Å². The highest BCUT2D eigenvalue weighted by molar-refractivity contribution is 9.10. The molecule has 1 heterocycles. The Morgan fingerprint density at radius 3 is 2.57 bits per heavy atom. The lowest BCUT2D eigenvalue weighted by Gasteiger charge is -2.38. The van der Waals surface area contributed by atoms with Crippen LogP contribution >= 0.6 is 15.9 Å². The molecule has 0 amide bonds. The fourth-order valence-electron chi connectivity index (χ4n) is 4.25. The van der Waals surface area contributed by atoms with Crippen LogP contribution in [0, 0.1) is 11.8 Å². The smallest absolute Gasteiger partial charge is 0.337 e. The molecule has 3 rings (SSSR count). The number of benzene rings is 1. The van der Waals surface area contributed by atoms with Crippen molar-refractivity contribution in [3.63, 3.8) is 0 Å². The summed E-state index contributed by atoms with van der Waals surface area (Å²) in [4.78, 5) is 39.0. The van der Waals surface area contributed by atoms with Crippen LogP contribution in [0.5, 0.6) is 0 Å². The third kappa shape index (κ3) is 4.08. The molecule has 7 heteroatoms. The Labute approximate surface area is 184 Å². The number of hydrogen-bond acceptors (Lipinski definition) is 6. The predicted octanol–water partition coefficient (Wildman–Crippen LogP) is 4.01. The number of ketones is 1. The molecule has 0 aromatic heterocycles. The molecule has 1 aliphatic heterocycles. The number of ether oxygens (including phenoxy) is 2. The van der Waals surface area contributed by atoms with Gasteiger partial charge in [0, 0.05) is 27.4 Å². The van der Waals surface area contributed by atoms with Gasteiger partial charge in [0.05, 0.1) is 18.8 Å². The largest absolute Gasteiger partial charge is 0.468 e. The molecule has 1 N–H and O–H groups in total. The zero-order chi connectivity index (χ0) is 22.2. The summed E-state index contributed by atoms with van der Waals surface area (Å²) in [5.74, 6) is -3.08. The van der Waals surface area contributed by atoms with Crippen molar-refractivity contribution in [3.05, 3.63) is 56.8 Å². The van der Waals surface area contributed by atoms with Crippen LogP contribution in [-0.4, -0.2) is 30.9 Å². The Hall–Kier alpha value is -2.41. The van der Waals surface area contributed by atoms with E-state index in [2.05, 4.69) is 21.2 Å². The van der Waals surface area contributed by atoms with Crippen LogP contribution in [0.3, 0.4) is 0 Å². The lowest BCUT2D eigenvalue weighted by molar-refractivity contribution is -0.151. The van der Waals surface area contributed by atoms with Gasteiger partial charge in [0.25, 0.3) is 0 Å². The number of allylic oxidation sites excluding steroid dienone is 3. The number of hydrogen-bond donors (Lipinski definition) is 1. The summed E-state index contributed by atoms with van der Waals surface area (Å²) in [6.07, 6.45) is 0.205. The molecule has 2 aliphatic rings. The monoisotopic (exact) mass is 475 g/mol. The van der Waals surface area contributed by atoms with Crippen LogP contribution in [0.1, 0.15) is 45.6 Å². The minimum Gasteiger partial charge on any atom is -0.468 e. The molecule has 160 valence electrons. The molecule has 0 saturated heterocycles. The molecule has 6 nitrogen and oxygen atoms in total. The first kappa shape index (κ1) is 22.3. The van der Waals surface area contributed by atoms with Crippen molar-refractivity contribution < 1.29 is 23.9 Å². The number of halogens is 1. The van der Waals surface area contributed by atoms with E-state index >= 15 is 0 Å². The third-order valence-corrected chi connectivity index (χ3v) is 5.98. The molecule has 0 spiro atoms. The predicted molar refractivity (Wildman–Crippen MR) is 115 cm³/mol. The molecule has 0 fully saturated rings. The highest BCUT2D eigenvalue weighted by atomic mass is 79.9. The van der Waals surface area contributed by atoms with E-state index in [1.54, 1.807) is 13.8 Å². The number of Topliss-reactive ketones (excluding diaryl/α,β-unsaturated/α-hetero) is 1. The van der Waals surface area contributed by atoms with E-state index in [9.17, 15) is 14.4 Å². The number of dihydropyridines is 1. The van der Waals surface area contributed by atoms with Gasteiger partial charge >= 0.3 is 11.9 Å². The van der Waals surface area contributed by atoms with E-state index in [1.807, 2.05) is 38.1 Å². The summed E-state index contributed by atoms with van der Waals surface area (Å²) in [5.41, 5.74) is 2.99. The number of carbonyl (C=O) groups is 3. The number of carbonyl (C=O) groups excluding carboxylic acids is 3. The van der Waals surface area contributed by atoms with Crippen molar-refractivity contribution in [2.75, 3.05) is 7.11 Å². The molecular formula is C23H26BrNO5. The van der Waals surface area contributed by atoms with Crippen molar-refractivity contribution in [1.82, 2.24) is 5.32 Å². The second-order valence-electron chi connectivity index (χ2n) is 8.04. The summed E-state index contributed by atoms with van der Waals surface area (Å²) < 4.78 is 11.2. The molecule has 1 aromatic carbocycles. The topological polar surface area (TPSA) is 81.7 Å². The fourth-order valence-corrected chi connectivity index (χ4v) is 4.67. The first-order chi connectivity index (χ1) is 14.1. The molecular weight excluding hydrogens is 450 g/mol. The molecule has 1 aliphatic carbocycles. The van der Waals surface area contributed by atoms with Crippen molar-refractivity contribution in [2.24, 2.45) is 11.8 Å². The zero-order valence-corrected chi connectivity index (χ0v) is 19.3. The lowest BCUT2D eigenvalue weighted by atomic mass is 9.69. The van der Waals surface area contributed by atoms with Crippen molar-refractivity contribution in [1.29, 1.82) is 0 Å². The zero-order valence-electron chi connectivity index (χ0n) is 17.7. The highest BCUT2D eigenvalue weighted by Gasteiger charge is 2.47. The van der Waals surface area contributed by atoms with Crippen molar-refractivity contribution in [3.8, 4) is 0 Å². The van der Waals surface area contributed by atoms with Gasteiger partial charge in [-0.15, -0.1) is 0 Å². The van der Waals surface area contributed by atoms with Crippen LogP contribution in [0.4, 0.5) is 0 Å². The molecule has 0 bridgehead atoms. The first-order valence-corrected chi connectivity index (χ1v) is 10.7.